The van der Waals surface area contributed by atoms with Crippen LogP contribution in [0.1, 0.15) is 35.4 Å². The van der Waals surface area contributed by atoms with Crippen LogP contribution in [0.4, 0.5) is 4.79 Å². The molecule has 0 heterocycles. The molecule has 0 unspecified atom stereocenters. The van der Waals surface area contributed by atoms with E-state index in [-0.39, 0.29) is 24.0 Å². The zero-order valence-corrected chi connectivity index (χ0v) is 15.2. The largest absolute Gasteiger partial charge is 0.504 e. The van der Waals surface area contributed by atoms with E-state index in [4.69, 9.17) is 9.47 Å². The fraction of sp³-hybridized carbons (Fsp3) is 0.300. The molecule has 2 atom stereocenters. The predicted molar refractivity (Wildman–Crippen MR) is 98.7 cm³/mol. The van der Waals surface area contributed by atoms with Crippen molar-refractivity contribution >= 4 is 12.0 Å². The van der Waals surface area contributed by atoms with Gasteiger partial charge in [0.2, 0.25) is 0 Å². The van der Waals surface area contributed by atoms with Gasteiger partial charge in [-0.15, -0.1) is 0 Å². The van der Waals surface area contributed by atoms with Crippen LogP contribution < -0.4 is 10.1 Å². The SMILES string of the molecule is COc1ccc([C@@H](OC(=O)NC(=O)c2ccccc2)[C@@H](C)CCO)cc1O. The molecule has 0 aliphatic carbocycles. The summed E-state index contributed by atoms with van der Waals surface area (Å²) in [7, 11) is 1.43. The molecule has 2 aromatic rings. The van der Waals surface area contributed by atoms with E-state index in [0.29, 0.717) is 17.5 Å². The van der Waals surface area contributed by atoms with E-state index in [1.165, 1.54) is 13.2 Å². The lowest BCUT2D eigenvalue weighted by Gasteiger charge is -2.24. The zero-order chi connectivity index (χ0) is 19.8. The summed E-state index contributed by atoms with van der Waals surface area (Å²) in [5.41, 5.74) is 0.855. The highest BCUT2D eigenvalue weighted by Crippen LogP contribution is 2.34. The zero-order valence-electron chi connectivity index (χ0n) is 15.2. The second-order valence-corrected chi connectivity index (χ2v) is 6.07. The number of benzene rings is 2. The number of nitrogens with one attached hydrogen (secondary N) is 1. The van der Waals surface area contributed by atoms with Gasteiger partial charge in [-0.1, -0.05) is 31.2 Å². The summed E-state index contributed by atoms with van der Waals surface area (Å²) < 4.78 is 10.5. The number of aliphatic hydroxyl groups excluding tert-OH is 1. The maximum Gasteiger partial charge on any atom is 0.414 e. The highest BCUT2D eigenvalue weighted by Gasteiger charge is 2.25. The van der Waals surface area contributed by atoms with E-state index in [1.54, 1.807) is 49.4 Å². The first-order chi connectivity index (χ1) is 13.0. The first-order valence-electron chi connectivity index (χ1n) is 8.51. The molecule has 0 aliphatic rings. The molecule has 2 rings (SSSR count). The minimum absolute atomic E-state index is 0.0896. The van der Waals surface area contributed by atoms with Gasteiger partial charge in [-0.3, -0.25) is 10.1 Å². The first-order valence-corrected chi connectivity index (χ1v) is 8.51. The Morgan fingerprint density at radius 3 is 2.44 bits per heavy atom. The van der Waals surface area contributed by atoms with Gasteiger partial charge in [0.15, 0.2) is 11.5 Å². The van der Waals surface area contributed by atoms with Crippen molar-refractivity contribution in [1.82, 2.24) is 5.32 Å². The molecule has 0 aromatic heterocycles. The number of phenols is 1. The summed E-state index contributed by atoms with van der Waals surface area (Å²) in [4.78, 5) is 24.3. The van der Waals surface area contributed by atoms with Crippen molar-refractivity contribution < 1.29 is 29.3 Å². The van der Waals surface area contributed by atoms with Crippen LogP contribution in [0.25, 0.3) is 0 Å². The van der Waals surface area contributed by atoms with Crippen LogP contribution in [0.2, 0.25) is 0 Å². The molecule has 0 radical (unpaired) electrons. The van der Waals surface area contributed by atoms with Crippen molar-refractivity contribution in [2.45, 2.75) is 19.4 Å². The number of rotatable bonds is 7. The Morgan fingerprint density at radius 2 is 1.85 bits per heavy atom. The van der Waals surface area contributed by atoms with Gasteiger partial charge in [-0.05, 0) is 42.2 Å². The number of aromatic hydroxyl groups is 1. The fourth-order valence-corrected chi connectivity index (χ4v) is 2.65. The molecule has 144 valence electrons. The van der Waals surface area contributed by atoms with E-state index < -0.39 is 18.1 Å². The van der Waals surface area contributed by atoms with Gasteiger partial charge < -0.3 is 19.7 Å². The first kappa shape index (κ1) is 20.3. The van der Waals surface area contributed by atoms with Crippen LogP contribution in [0.15, 0.2) is 48.5 Å². The molecule has 3 N–H and O–H groups in total. The smallest absolute Gasteiger partial charge is 0.414 e. The third-order valence-electron chi connectivity index (χ3n) is 4.12. The van der Waals surface area contributed by atoms with Gasteiger partial charge >= 0.3 is 6.09 Å². The van der Waals surface area contributed by atoms with E-state index in [2.05, 4.69) is 5.32 Å². The monoisotopic (exact) mass is 373 g/mol. The number of aliphatic hydroxyl groups is 1. The number of carbonyl (C=O) groups excluding carboxylic acids is 2. The molecule has 2 aromatic carbocycles. The van der Waals surface area contributed by atoms with Crippen LogP contribution >= 0.6 is 0 Å². The Balaban J connectivity index is 2.15. The molecule has 0 saturated carbocycles. The number of methoxy groups -OCH3 is 1. The Bertz CT molecular complexity index is 777. The van der Waals surface area contributed by atoms with E-state index in [0.717, 1.165) is 0 Å². The molecule has 27 heavy (non-hydrogen) atoms. The number of alkyl carbamates (subject to hydrolysis) is 1. The Labute approximate surface area is 157 Å². The number of carbonyl (C=O) groups is 2. The van der Waals surface area contributed by atoms with E-state index in [9.17, 15) is 19.8 Å². The minimum atomic E-state index is -0.908. The summed E-state index contributed by atoms with van der Waals surface area (Å²) in [6.45, 7) is 1.71. The number of phenolic OH excluding ortho intramolecular Hbond substituents is 1. The van der Waals surface area contributed by atoms with Gasteiger partial charge in [-0.2, -0.15) is 0 Å². The molecule has 0 aliphatic heterocycles. The summed E-state index contributed by atoms with van der Waals surface area (Å²) >= 11 is 0. The third kappa shape index (κ3) is 5.46. The normalized spacial score (nSPS) is 12.7. The summed E-state index contributed by atoms with van der Waals surface area (Å²) in [6, 6.07) is 12.9. The van der Waals surface area contributed by atoms with Crippen molar-refractivity contribution in [3.63, 3.8) is 0 Å². The predicted octanol–water partition coefficient (Wildman–Crippen LogP) is 3.03. The van der Waals surface area contributed by atoms with Crippen molar-refractivity contribution in [1.29, 1.82) is 0 Å². The number of imide groups is 1. The highest BCUT2D eigenvalue weighted by molar-refractivity contribution is 6.02. The van der Waals surface area contributed by atoms with Crippen molar-refractivity contribution in [3.8, 4) is 11.5 Å². The van der Waals surface area contributed by atoms with Gasteiger partial charge in [0, 0.05) is 12.2 Å². The summed E-state index contributed by atoms with van der Waals surface area (Å²) in [6.07, 6.45) is -1.30. The summed E-state index contributed by atoms with van der Waals surface area (Å²) in [5.74, 6) is -0.635. The van der Waals surface area contributed by atoms with Crippen LogP contribution in [0.5, 0.6) is 11.5 Å². The fourth-order valence-electron chi connectivity index (χ4n) is 2.65. The molecular formula is C20H23NO6. The number of ether oxygens (including phenoxy) is 2. The Hall–Kier alpha value is -3.06. The summed E-state index contributed by atoms with van der Waals surface area (Å²) in [5, 5.41) is 21.4. The van der Waals surface area contributed by atoms with Crippen LogP contribution in [-0.2, 0) is 4.74 Å². The number of amides is 2. The van der Waals surface area contributed by atoms with E-state index in [1.807, 2.05) is 0 Å². The van der Waals surface area contributed by atoms with Crippen LogP contribution in [0, 0.1) is 5.92 Å². The average Bonchev–Trinajstić information content (AvgIpc) is 2.66. The lowest BCUT2D eigenvalue weighted by molar-refractivity contribution is 0.0544. The quantitative estimate of drug-likeness (QED) is 0.689. The average molecular weight is 373 g/mol. The van der Waals surface area contributed by atoms with Crippen molar-refractivity contribution in [2.75, 3.05) is 13.7 Å². The second kappa shape index (κ2) is 9.59. The molecular weight excluding hydrogens is 350 g/mol. The molecule has 7 heteroatoms. The topological polar surface area (TPSA) is 105 Å². The van der Waals surface area contributed by atoms with Crippen molar-refractivity contribution in [3.05, 3.63) is 59.7 Å². The van der Waals surface area contributed by atoms with Gasteiger partial charge in [-0.25, -0.2) is 4.79 Å². The molecule has 0 spiro atoms. The maximum absolute atomic E-state index is 12.2. The van der Waals surface area contributed by atoms with Gasteiger partial charge in [0.25, 0.3) is 5.91 Å². The second-order valence-electron chi connectivity index (χ2n) is 6.07. The van der Waals surface area contributed by atoms with Gasteiger partial charge in [0.1, 0.15) is 6.10 Å². The Kier molecular flexibility index (Phi) is 7.19. The standard InChI is InChI=1S/C20H23NO6/c1-13(10-11-22)18(15-8-9-17(26-2)16(23)12-15)27-20(25)21-19(24)14-6-4-3-5-7-14/h3-9,12-13,18,22-23H,10-11H2,1-2H3,(H,21,24,25)/t13-,18-/m0/s1. The number of hydrogen-bond acceptors (Lipinski definition) is 6. The molecule has 2 amide bonds. The lowest BCUT2D eigenvalue weighted by atomic mass is 9.94. The highest BCUT2D eigenvalue weighted by atomic mass is 16.6. The number of hydrogen-bond donors (Lipinski definition) is 3. The van der Waals surface area contributed by atoms with Crippen LogP contribution in [-0.4, -0.2) is 35.9 Å². The molecule has 0 fully saturated rings. The Morgan fingerprint density at radius 1 is 1.15 bits per heavy atom. The van der Waals surface area contributed by atoms with Crippen molar-refractivity contribution in [2.24, 2.45) is 5.92 Å². The van der Waals surface area contributed by atoms with Crippen LogP contribution in [0.3, 0.4) is 0 Å². The molecule has 7 nitrogen and oxygen atoms in total. The minimum Gasteiger partial charge on any atom is -0.504 e. The van der Waals surface area contributed by atoms with Gasteiger partial charge in [0.05, 0.1) is 7.11 Å². The molecule has 0 bridgehead atoms. The van der Waals surface area contributed by atoms with E-state index >= 15 is 0 Å². The molecule has 0 saturated heterocycles. The maximum atomic E-state index is 12.2. The third-order valence-corrected chi connectivity index (χ3v) is 4.12. The lowest BCUT2D eigenvalue weighted by Crippen LogP contribution is -2.33.